The molecule has 4 nitrogen and oxygen atoms in total. The summed E-state index contributed by atoms with van der Waals surface area (Å²) in [6, 6.07) is 6.86. The van der Waals surface area contributed by atoms with Gasteiger partial charge in [-0.25, -0.2) is 0 Å². The number of hydrogen-bond donors (Lipinski definition) is 3. The van der Waals surface area contributed by atoms with Crippen LogP contribution < -0.4 is 16.4 Å². The van der Waals surface area contributed by atoms with Crippen LogP contribution in [-0.2, 0) is 4.79 Å². The molecular weight excluding hydrogens is 270 g/mol. The van der Waals surface area contributed by atoms with Gasteiger partial charge in [-0.15, -0.1) is 0 Å². The number of amides is 1. The number of thiocarbonyl (C=S) groups is 1. The molecule has 94 valence electrons. The minimum atomic E-state index is -0.477. The van der Waals surface area contributed by atoms with E-state index in [9.17, 15) is 4.79 Å². The van der Waals surface area contributed by atoms with Gasteiger partial charge in [0.25, 0.3) is 0 Å². The van der Waals surface area contributed by atoms with Crippen molar-refractivity contribution < 1.29 is 4.79 Å². The molecule has 1 aliphatic rings. The maximum Gasteiger partial charge on any atom is 0.248 e. The predicted molar refractivity (Wildman–Crippen MR) is 75.0 cm³/mol. The molecule has 1 amide bonds. The van der Waals surface area contributed by atoms with Gasteiger partial charge in [0.15, 0.2) is 5.11 Å². The molecule has 4 N–H and O–H groups in total. The monoisotopic (exact) mass is 281 g/mol. The molecule has 1 aromatic carbocycles. The SMILES string of the molecule is CC1=C(C(N)=O)[C@@H](c2ccc(Cl)cc2)NC(=S)N1. The summed E-state index contributed by atoms with van der Waals surface area (Å²) in [7, 11) is 0. The van der Waals surface area contributed by atoms with Crippen molar-refractivity contribution in [2.24, 2.45) is 5.73 Å². The standard InChI is InChI=1S/C12H12ClN3OS/c1-6-9(11(14)17)10(16-12(18)15-6)7-2-4-8(13)5-3-7/h2-5,10H,1H3,(H2,14,17)(H2,15,16,18)/t10-/m1/s1. The Morgan fingerprint density at radius 3 is 2.56 bits per heavy atom. The van der Waals surface area contributed by atoms with E-state index in [4.69, 9.17) is 29.6 Å². The molecule has 0 fully saturated rings. The smallest absolute Gasteiger partial charge is 0.248 e. The molecule has 18 heavy (non-hydrogen) atoms. The fourth-order valence-electron chi connectivity index (χ4n) is 1.93. The lowest BCUT2D eigenvalue weighted by Gasteiger charge is -2.29. The first kappa shape index (κ1) is 12.9. The van der Waals surface area contributed by atoms with Crippen molar-refractivity contribution in [3.63, 3.8) is 0 Å². The summed E-state index contributed by atoms with van der Waals surface area (Å²) in [5, 5.41) is 7.03. The molecule has 0 aromatic heterocycles. The molecule has 2 rings (SSSR count). The van der Waals surface area contributed by atoms with Crippen molar-refractivity contribution in [2.45, 2.75) is 13.0 Å². The van der Waals surface area contributed by atoms with Crippen LogP contribution in [0, 0.1) is 0 Å². The van der Waals surface area contributed by atoms with E-state index >= 15 is 0 Å². The number of hydrogen-bond acceptors (Lipinski definition) is 2. The summed E-state index contributed by atoms with van der Waals surface area (Å²) in [5.74, 6) is -0.477. The molecule has 0 unspecified atom stereocenters. The van der Waals surface area contributed by atoms with E-state index < -0.39 is 5.91 Å². The molecule has 1 aromatic rings. The first-order valence-electron chi connectivity index (χ1n) is 5.32. The van der Waals surface area contributed by atoms with Gasteiger partial charge in [0.05, 0.1) is 11.6 Å². The Labute approximate surface area is 115 Å². The first-order chi connectivity index (χ1) is 8.49. The van der Waals surface area contributed by atoms with Gasteiger partial charge in [0, 0.05) is 10.7 Å². The second-order valence-electron chi connectivity index (χ2n) is 3.99. The van der Waals surface area contributed by atoms with Crippen LogP contribution >= 0.6 is 23.8 Å². The Kier molecular flexibility index (Phi) is 3.54. The Morgan fingerprint density at radius 2 is 2.00 bits per heavy atom. The summed E-state index contributed by atoms with van der Waals surface area (Å²) in [4.78, 5) is 11.5. The van der Waals surface area contributed by atoms with Crippen LogP contribution in [0.3, 0.4) is 0 Å². The van der Waals surface area contributed by atoms with Crippen molar-refractivity contribution in [3.05, 3.63) is 46.1 Å². The molecule has 0 saturated heterocycles. The van der Waals surface area contributed by atoms with E-state index in [0.717, 1.165) is 5.56 Å². The second kappa shape index (κ2) is 4.96. The number of nitrogens with two attached hydrogens (primary N) is 1. The van der Waals surface area contributed by atoms with Gasteiger partial charge in [-0.1, -0.05) is 23.7 Å². The highest BCUT2D eigenvalue weighted by molar-refractivity contribution is 7.80. The highest BCUT2D eigenvalue weighted by Crippen LogP contribution is 2.27. The number of allylic oxidation sites excluding steroid dienone is 1. The number of primary amides is 1. The Hall–Kier alpha value is -1.59. The average Bonchev–Trinajstić information content (AvgIpc) is 2.28. The van der Waals surface area contributed by atoms with E-state index in [2.05, 4.69) is 10.6 Å². The maximum atomic E-state index is 11.5. The van der Waals surface area contributed by atoms with Gasteiger partial charge in [-0.2, -0.15) is 0 Å². The summed E-state index contributed by atoms with van der Waals surface area (Å²) < 4.78 is 0. The van der Waals surface area contributed by atoms with E-state index in [-0.39, 0.29) is 6.04 Å². The van der Waals surface area contributed by atoms with Gasteiger partial charge >= 0.3 is 0 Å². The first-order valence-corrected chi connectivity index (χ1v) is 6.11. The zero-order valence-electron chi connectivity index (χ0n) is 9.66. The number of nitrogens with one attached hydrogen (secondary N) is 2. The molecule has 0 bridgehead atoms. The van der Waals surface area contributed by atoms with Crippen LogP contribution in [0.25, 0.3) is 0 Å². The summed E-state index contributed by atoms with van der Waals surface area (Å²) in [6.07, 6.45) is 0. The summed E-state index contributed by atoms with van der Waals surface area (Å²) in [6.45, 7) is 1.77. The normalized spacial score (nSPS) is 19.2. The van der Waals surface area contributed by atoms with Crippen molar-refractivity contribution in [2.75, 3.05) is 0 Å². The van der Waals surface area contributed by atoms with Crippen LogP contribution in [0.1, 0.15) is 18.5 Å². The van der Waals surface area contributed by atoms with Gasteiger partial charge in [-0.3, -0.25) is 4.79 Å². The highest BCUT2D eigenvalue weighted by atomic mass is 35.5. The van der Waals surface area contributed by atoms with Crippen LogP contribution in [-0.4, -0.2) is 11.0 Å². The van der Waals surface area contributed by atoms with E-state index in [1.807, 2.05) is 12.1 Å². The largest absolute Gasteiger partial charge is 0.366 e. The van der Waals surface area contributed by atoms with Crippen LogP contribution in [0.15, 0.2) is 35.5 Å². The lowest BCUT2D eigenvalue weighted by molar-refractivity contribution is -0.115. The highest BCUT2D eigenvalue weighted by Gasteiger charge is 2.28. The van der Waals surface area contributed by atoms with Gasteiger partial charge in [-0.05, 0) is 36.8 Å². The average molecular weight is 282 g/mol. The van der Waals surface area contributed by atoms with Crippen molar-refractivity contribution in [3.8, 4) is 0 Å². The van der Waals surface area contributed by atoms with Gasteiger partial charge < -0.3 is 16.4 Å². The third-order valence-corrected chi connectivity index (χ3v) is 3.21. The van der Waals surface area contributed by atoms with Crippen molar-refractivity contribution in [1.82, 2.24) is 10.6 Å². The van der Waals surface area contributed by atoms with Crippen molar-refractivity contribution >= 4 is 34.8 Å². The molecule has 0 radical (unpaired) electrons. The predicted octanol–water partition coefficient (Wildman–Crippen LogP) is 1.62. The number of benzene rings is 1. The van der Waals surface area contributed by atoms with Crippen molar-refractivity contribution in [1.29, 1.82) is 0 Å². The van der Waals surface area contributed by atoms with E-state index in [0.29, 0.717) is 21.4 Å². The minimum absolute atomic E-state index is 0.339. The molecule has 0 spiro atoms. The maximum absolute atomic E-state index is 11.5. The molecular formula is C12H12ClN3OS. The van der Waals surface area contributed by atoms with Crippen LogP contribution in [0.4, 0.5) is 0 Å². The second-order valence-corrected chi connectivity index (χ2v) is 4.83. The fraction of sp³-hybridized carbons (Fsp3) is 0.167. The summed E-state index contributed by atoms with van der Waals surface area (Å²) >= 11 is 10.9. The van der Waals surface area contributed by atoms with Gasteiger partial charge in [0.1, 0.15) is 0 Å². The molecule has 0 aliphatic carbocycles. The third kappa shape index (κ3) is 2.47. The zero-order chi connectivity index (χ0) is 13.3. The molecule has 1 heterocycles. The Bertz CT molecular complexity index is 539. The quantitative estimate of drug-likeness (QED) is 0.721. The lowest BCUT2D eigenvalue weighted by Crippen LogP contribution is -2.46. The van der Waals surface area contributed by atoms with Gasteiger partial charge in [0.2, 0.25) is 5.91 Å². The summed E-state index contributed by atoms with van der Waals surface area (Å²) in [5.41, 5.74) is 7.45. The number of carbonyl (C=O) groups is 1. The molecule has 1 atom stereocenters. The van der Waals surface area contributed by atoms with E-state index in [1.54, 1.807) is 19.1 Å². The molecule has 6 heteroatoms. The zero-order valence-corrected chi connectivity index (χ0v) is 11.2. The number of carbonyl (C=O) groups excluding carboxylic acids is 1. The van der Waals surface area contributed by atoms with Crippen LogP contribution in [0.2, 0.25) is 5.02 Å². The molecule has 1 aliphatic heterocycles. The minimum Gasteiger partial charge on any atom is -0.366 e. The lowest BCUT2D eigenvalue weighted by atomic mass is 9.95. The van der Waals surface area contributed by atoms with Crippen LogP contribution in [0.5, 0.6) is 0 Å². The van der Waals surface area contributed by atoms with E-state index in [1.165, 1.54) is 0 Å². The number of halogens is 1. The fourth-order valence-corrected chi connectivity index (χ4v) is 2.32. The molecule has 0 saturated carbocycles. The number of rotatable bonds is 2. The third-order valence-electron chi connectivity index (χ3n) is 2.74. The topological polar surface area (TPSA) is 67.2 Å². The Balaban J connectivity index is 2.46. The Morgan fingerprint density at radius 1 is 1.39 bits per heavy atom.